The molecule has 0 aromatic rings. The molecule has 0 aromatic carbocycles. The summed E-state index contributed by atoms with van der Waals surface area (Å²) in [7, 11) is 0. The zero-order chi connectivity index (χ0) is 18.2. The van der Waals surface area contributed by atoms with E-state index >= 15 is 0 Å². The first kappa shape index (κ1) is 19.7. The van der Waals surface area contributed by atoms with E-state index in [0.717, 1.165) is 19.3 Å². The van der Waals surface area contributed by atoms with Crippen LogP contribution in [0.2, 0.25) is 0 Å². The van der Waals surface area contributed by atoms with E-state index in [0.29, 0.717) is 45.4 Å². The molecule has 2 saturated heterocycles. The smallest absolute Gasteiger partial charge is 0.308 e. The van der Waals surface area contributed by atoms with E-state index in [9.17, 15) is 19.5 Å². The summed E-state index contributed by atoms with van der Waals surface area (Å²) >= 11 is 0. The highest BCUT2D eigenvalue weighted by Gasteiger charge is 2.34. The molecular weight excluding hydrogens is 324 g/mol. The average Bonchev–Trinajstić information content (AvgIpc) is 2.62. The van der Waals surface area contributed by atoms with Gasteiger partial charge in [0, 0.05) is 32.7 Å². The number of hydrogen-bond acceptors (Lipinski definition) is 4. The Morgan fingerprint density at radius 3 is 2.56 bits per heavy atom. The number of nitrogens with one attached hydrogen (secondary N) is 1. The number of ether oxygens (including phenoxy) is 1. The molecule has 7 nitrogen and oxygen atoms in total. The Balaban J connectivity index is 1.93. The van der Waals surface area contributed by atoms with Gasteiger partial charge in [-0.2, -0.15) is 0 Å². The van der Waals surface area contributed by atoms with Crippen molar-refractivity contribution in [3.05, 3.63) is 0 Å². The summed E-state index contributed by atoms with van der Waals surface area (Å²) in [5.41, 5.74) is 0. The van der Waals surface area contributed by atoms with Crippen LogP contribution in [-0.2, 0) is 19.1 Å². The number of carboxylic acids is 1. The van der Waals surface area contributed by atoms with Gasteiger partial charge >= 0.3 is 5.97 Å². The maximum absolute atomic E-state index is 12.6. The first-order valence-electron chi connectivity index (χ1n) is 9.42. The van der Waals surface area contributed by atoms with Gasteiger partial charge in [-0.25, -0.2) is 0 Å². The van der Waals surface area contributed by atoms with Crippen LogP contribution >= 0.6 is 0 Å². The van der Waals surface area contributed by atoms with Crippen LogP contribution in [0.3, 0.4) is 0 Å². The first-order valence-corrected chi connectivity index (χ1v) is 9.42. The van der Waals surface area contributed by atoms with E-state index in [4.69, 9.17) is 4.74 Å². The Bertz CT molecular complexity index is 476. The number of carbonyl (C=O) groups excluding carboxylic acids is 2. The fourth-order valence-electron chi connectivity index (χ4n) is 3.76. The van der Waals surface area contributed by atoms with Crippen molar-refractivity contribution in [3.63, 3.8) is 0 Å². The van der Waals surface area contributed by atoms with Crippen molar-refractivity contribution in [3.8, 4) is 0 Å². The number of rotatable bonds is 7. The molecule has 0 aliphatic carbocycles. The Morgan fingerprint density at radius 1 is 1.20 bits per heavy atom. The van der Waals surface area contributed by atoms with Crippen molar-refractivity contribution in [1.29, 1.82) is 0 Å². The van der Waals surface area contributed by atoms with Crippen LogP contribution in [0.15, 0.2) is 0 Å². The molecule has 142 valence electrons. The van der Waals surface area contributed by atoms with Gasteiger partial charge in [0.1, 0.15) is 6.04 Å². The van der Waals surface area contributed by atoms with Gasteiger partial charge in [0.2, 0.25) is 11.8 Å². The molecule has 2 atom stereocenters. The normalized spacial score (nSPS) is 23.1. The molecule has 2 fully saturated rings. The van der Waals surface area contributed by atoms with Gasteiger partial charge in [-0.15, -0.1) is 0 Å². The second-order valence-electron chi connectivity index (χ2n) is 6.99. The number of carbonyl (C=O) groups is 3. The quantitative estimate of drug-likeness (QED) is 0.721. The second-order valence-corrected chi connectivity index (χ2v) is 6.99. The molecule has 0 saturated carbocycles. The number of amides is 2. The molecule has 2 aliphatic rings. The zero-order valence-electron chi connectivity index (χ0n) is 15.0. The van der Waals surface area contributed by atoms with Gasteiger partial charge in [0.05, 0.1) is 5.92 Å². The highest BCUT2D eigenvalue weighted by atomic mass is 16.5. The van der Waals surface area contributed by atoms with Crippen LogP contribution in [0.1, 0.15) is 51.9 Å². The number of likely N-dealkylation sites (tertiary alicyclic amines) is 1. The topological polar surface area (TPSA) is 95.9 Å². The Morgan fingerprint density at radius 2 is 1.92 bits per heavy atom. The average molecular weight is 354 g/mol. The van der Waals surface area contributed by atoms with Crippen molar-refractivity contribution in [2.24, 2.45) is 11.8 Å². The molecule has 0 spiro atoms. The van der Waals surface area contributed by atoms with Crippen LogP contribution in [0.25, 0.3) is 0 Å². The summed E-state index contributed by atoms with van der Waals surface area (Å²) < 4.78 is 5.29. The third-order valence-corrected chi connectivity index (χ3v) is 5.24. The van der Waals surface area contributed by atoms with Crippen LogP contribution in [0, 0.1) is 11.8 Å². The minimum absolute atomic E-state index is 0.0153. The van der Waals surface area contributed by atoms with Gasteiger partial charge in [-0.05, 0) is 44.4 Å². The maximum Gasteiger partial charge on any atom is 0.308 e. The highest BCUT2D eigenvalue weighted by Crippen LogP contribution is 2.24. The van der Waals surface area contributed by atoms with E-state index in [1.165, 1.54) is 0 Å². The van der Waals surface area contributed by atoms with Crippen LogP contribution in [0.4, 0.5) is 0 Å². The van der Waals surface area contributed by atoms with Crippen LogP contribution in [0.5, 0.6) is 0 Å². The molecule has 2 amide bonds. The summed E-state index contributed by atoms with van der Waals surface area (Å²) in [5.74, 6) is -1.66. The summed E-state index contributed by atoms with van der Waals surface area (Å²) in [5, 5.41) is 12.3. The zero-order valence-corrected chi connectivity index (χ0v) is 15.0. The summed E-state index contributed by atoms with van der Waals surface area (Å²) in [4.78, 5) is 38.1. The first-order chi connectivity index (χ1) is 12.0. The number of carboxylic acid groups (broad SMARTS) is 1. The molecule has 2 unspecified atom stereocenters. The number of piperidine rings is 1. The van der Waals surface area contributed by atoms with Gasteiger partial charge in [-0.1, -0.05) is 6.92 Å². The lowest BCUT2D eigenvalue weighted by Crippen LogP contribution is -2.53. The standard InChI is InChI=1S/C18H30N2O5/c1-2-5-16(21)20-9-4-3-6-15(20)17(22)19-12-14(18(23)24)13-7-10-25-11-8-13/h13-15H,2-12H2,1H3,(H,19,22)(H,23,24). The minimum Gasteiger partial charge on any atom is -0.481 e. The lowest BCUT2D eigenvalue weighted by atomic mass is 9.86. The van der Waals surface area contributed by atoms with Gasteiger partial charge in [-0.3, -0.25) is 14.4 Å². The van der Waals surface area contributed by atoms with E-state index in [2.05, 4.69) is 5.32 Å². The molecule has 2 aliphatic heterocycles. The van der Waals surface area contributed by atoms with Gasteiger partial charge < -0.3 is 20.1 Å². The SMILES string of the molecule is CCCC(=O)N1CCCCC1C(=O)NCC(C(=O)O)C1CCOCC1. The predicted octanol–water partition coefficient (Wildman–Crippen LogP) is 1.41. The molecule has 7 heteroatoms. The second kappa shape index (κ2) is 9.75. The number of aliphatic carboxylic acids is 1. The lowest BCUT2D eigenvalue weighted by molar-refractivity contribution is -0.146. The van der Waals surface area contributed by atoms with E-state index < -0.39 is 17.9 Å². The van der Waals surface area contributed by atoms with Crippen molar-refractivity contribution in [1.82, 2.24) is 10.2 Å². The van der Waals surface area contributed by atoms with E-state index in [1.54, 1.807) is 4.90 Å². The molecule has 2 heterocycles. The third kappa shape index (κ3) is 5.42. The minimum atomic E-state index is -0.880. The largest absolute Gasteiger partial charge is 0.481 e. The van der Waals surface area contributed by atoms with Crippen LogP contribution in [-0.4, -0.2) is 60.1 Å². The Hall–Kier alpha value is -1.63. The molecule has 0 radical (unpaired) electrons. The summed E-state index contributed by atoms with van der Waals surface area (Å²) in [6, 6.07) is -0.461. The lowest BCUT2D eigenvalue weighted by Gasteiger charge is -2.35. The van der Waals surface area contributed by atoms with Crippen molar-refractivity contribution in [2.75, 3.05) is 26.3 Å². The molecule has 2 N–H and O–H groups in total. The molecule has 0 aromatic heterocycles. The molecular formula is C18H30N2O5. The van der Waals surface area contributed by atoms with E-state index in [-0.39, 0.29) is 24.3 Å². The Labute approximate surface area is 149 Å². The van der Waals surface area contributed by atoms with Crippen molar-refractivity contribution >= 4 is 17.8 Å². The monoisotopic (exact) mass is 354 g/mol. The third-order valence-electron chi connectivity index (χ3n) is 5.24. The summed E-state index contributed by atoms with van der Waals surface area (Å²) in [6.07, 6.45) is 5.10. The maximum atomic E-state index is 12.6. The fourth-order valence-corrected chi connectivity index (χ4v) is 3.76. The van der Waals surface area contributed by atoms with Crippen molar-refractivity contribution < 1.29 is 24.2 Å². The van der Waals surface area contributed by atoms with Crippen LogP contribution < -0.4 is 5.32 Å². The van der Waals surface area contributed by atoms with Gasteiger partial charge in [0.25, 0.3) is 0 Å². The van der Waals surface area contributed by atoms with Crippen molar-refractivity contribution in [2.45, 2.75) is 57.9 Å². The number of nitrogens with zero attached hydrogens (tertiary/aromatic N) is 1. The van der Waals surface area contributed by atoms with Gasteiger partial charge in [0.15, 0.2) is 0 Å². The van der Waals surface area contributed by atoms with E-state index in [1.807, 2.05) is 6.92 Å². The highest BCUT2D eigenvalue weighted by molar-refractivity contribution is 5.88. The molecule has 2 rings (SSSR count). The summed E-state index contributed by atoms with van der Waals surface area (Å²) in [6.45, 7) is 3.82. The molecule has 0 bridgehead atoms. The Kier molecular flexibility index (Phi) is 7.68. The fraction of sp³-hybridized carbons (Fsp3) is 0.833. The number of hydrogen-bond donors (Lipinski definition) is 2. The predicted molar refractivity (Wildman–Crippen MR) is 91.9 cm³/mol. The molecule has 25 heavy (non-hydrogen) atoms.